The first kappa shape index (κ1) is 18.8. The van der Waals surface area contributed by atoms with E-state index in [1.54, 1.807) is 11.6 Å². The molecular formula is C19H17ClF2N4O. The molecule has 0 aliphatic heterocycles. The minimum Gasteiger partial charge on any atom is -0.374 e. The summed E-state index contributed by atoms with van der Waals surface area (Å²) in [5.41, 5.74) is 2.66. The Bertz CT molecular complexity index is 989. The number of hydrogen-bond donors (Lipinski definition) is 2. The Kier molecular flexibility index (Phi) is 5.41. The van der Waals surface area contributed by atoms with E-state index in [9.17, 15) is 13.6 Å². The summed E-state index contributed by atoms with van der Waals surface area (Å²) < 4.78 is 28.8. The number of rotatable bonds is 5. The van der Waals surface area contributed by atoms with Gasteiger partial charge in [-0.25, -0.2) is 13.5 Å². The monoisotopic (exact) mass is 390 g/mol. The maximum atomic E-state index is 13.7. The summed E-state index contributed by atoms with van der Waals surface area (Å²) in [5, 5.41) is 9.79. The van der Waals surface area contributed by atoms with Crippen LogP contribution in [-0.2, 0) is 4.79 Å². The van der Waals surface area contributed by atoms with Crippen LogP contribution in [0.2, 0.25) is 5.02 Å². The number of carbonyl (C=O) groups excluding carboxylic acids is 1. The lowest BCUT2D eigenvalue weighted by Gasteiger charge is -2.10. The van der Waals surface area contributed by atoms with Gasteiger partial charge in [0.15, 0.2) is 11.6 Å². The Morgan fingerprint density at radius 2 is 1.89 bits per heavy atom. The average Bonchev–Trinajstić information content (AvgIpc) is 2.92. The summed E-state index contributed by atoms with van der Waals surface area (Å²) in [5.74, 6) is -2.59. The number of nitrogens with zero attached hydrogens (tertiary/aromatic N) is 2. The number of carbonyl (C=O) groups is 1. The molecule has 3 aromatic rings. The second-order valence-corrected chi connectivity index (χ2v) is 6.38. The van der Waals surface area contributed by atoms with Crippen molar-refractivity contribution < 1.29 is 13.6 Å². The van der Waals surface area contributed by atoms with E-state index in [1.807, 2.05) is 37.3 Å². The van der Waals surface area contributed by atoms with Crippen molar-refractivity contribution in [2.24, 2.45) is 0 Å². The van der Waals surface area contributed by atoms with E-state index in [-0.39, 0.29) is 17.3 Å². The summed E-state index contributed by atoms with van der Waals surface area (Å²) in [4.78, 5) is 12.3. The first-order valence-electron chi connectivity index (χ1n) is 8.16. The number of amides is 1. The van der Waals surface area contributed by atoms with Crippen LogP contribution in [0.15, 0.2) is 42.5 Å². The van der Waals surface area contributed by atoms with Crippen LogP contribution in [0.25, 0.3) is 5.69 Å². The van der Waals surface area contributed by atoms with E-state index >= 15 is 0 Å². The van der Waals surface area contributed by atoms with E-state index in [1.165, 1.54) is 6.07 Å². The standard InChI is InChI=1S/C19H17ClF2N4O/c1-11-19(12(2)26(25-11)14-6-4-3-5-7-14)24-17(27)10-23-16-9-13(20)8-15(21)18(16)22/h3-9,23H,10H2,1-2H3,(H,24,27). The van der Waals surface area contributed by atoms with Gasteiger partial charge in [-0.1, -0.05) is 29.8 Å². The van der Waals surface area contributed by atoms with Crippen LogP contribution in [-0.4, -0.2) is 22.2 Å². The van der Waals surface area contributed by atoms with Crippen molar-refractivity contribution >= 4 is 28.9 Å². The lowest BCUT2D eigenvalue weighted by atomic mass is 10.2. The molecule has 2 aromatic carbocycles. The summed E-state index contributed by atoms with van der Waals surface area (Å²) in [6.07, 6.45) is 0. The predicted octanol–water partition coefficient (Wildman–Crippen LogP) is 4.47. The van der Waals surface area contributed by atoms with Crippen molar-refractivity contribution in [1.29, 1.82) is 0 Å². The quantitative estimate of drug-likeness (QED) is 0.632. The highest BCUT2D eigenvalue weighted by molar-refractivity contribution is 6.30. The first-order chi connectivity index (χ1) is 12.9. The highest BCUT2D eigenvalue weighted by Gasteiger charge is 2.16. The van der Waals surface area contributed by atoms with Gasteiger partial charge in [-0.3, -0.25) is 4.79 Å². The lowest BCUT2D eigenvalue weighted by molar-refractivity contribution is -0.114. The molecule has 0 saturated heterocycles. The third-order valence-corrected chi connectivity index (χ3v) is 4.21. The van der Waals surface area contributed by atoms with Crippen molar-refractivity contribution in [1.82, 2.24) is 9.78 Å². The number of halogens is 3. The lowest BCUT2D eigenvalue weighted by Crippen LogP contribution is -2.23. The van der Waals surface area contributed by atoms with Gasteiger partial charge in [-0.2, -0.15) is 5.10 Å². The van der Waals surface area contributed by atoms with E-state index in [4.69, 9.17) is 11.6 Å². The Hall–Kier alpha value is -2.93. The van der Waals surface area contributed by atoms with Crippen LogP contribution in [0, 0.1) is 25.5 Å². The molecule has 0 aliphatic rings. The molecule has 1 aromatic heterocycles. The zero-order valence-corrected chi connectivity index (χ0v) is 15.4. The molecule has 0 bridgehead atoms. The van der Waals surface area contributed by atoms with Crippen LogP contribution in [0.5, 0.6) is 0 Å². The van der Waals surface area contributed by atoms with Gasteiger partial charge >= 0.3 is 0 Å². The Labute approximate surface area is 160 Å². The van der Waals surface area contributed by atoms with Crippen molar-refractivity contribution in [2.75, 3.05) is 17.2 Å². The zero-order valence-electron chi connectivity index (χ0n) is 14.7. The van der Waals surface area contributed by atoms with Crippen LogP contribution in [0.4, 0.5) is 20.2 Å². The van der Waals surface area contributed by atoms with Gasteiger partial charge in [0, 0.05) is 5.02 Å². The van der Waals surface area contributed by atoms with Crippen LogP contribution < -0.4 is 10.6 Å². The van der Waals surface area contributed by atoms with E-state index in [2.05, 4.69) is 15.7 Å². The molecule has 0 unspecified atom stereocenters. The first-order valence-corrected chi connectivity index (χ1v) is 8.54. The van der Waals surface area contributed by atoms with Crippen LogP contribution in [0.1, 0.15) is 11.4 Å². The van der Waals surface area contributed by atoms with Crippen molar-refractivity contribution in [2.45, 2.75) is 13.8 Å². The van der Waals surface area contributed by atoms with Crippen LogP contribution in [0.3, 0.4) is 0 Å². The van der Waals surface area contributed by atoms with Gasteiger partial charge in [0.05, 0.1) is 35.0 Å². The maximum Gasteiger partial charge on any atom is 0.243 e. The fourth-order valence-corrected chi connectivity index (χ4v) is 2.89. The Morgan fingerprint density at radius 3 is 2.59 bits per heavy atom. The fraction of sp³-hybridized carbons (Fsp3) is 0.158. The number of aromatic nitrogens is 2. The topological polar surface area (TPSA) is 59.0 Å². The third-order valence-electron chi connectivity index (χ3n) is 3.99. The molecule has 0 aliphatic carbocycles. The zero-order chi connectivity index (χ0) is 19.6. The van der Waals surface area contributed by atoms with Gasteiger partial charge in [0.2, 0.25) is 5.91 Å². The summed E-state index contributed by atoms with van der Waals surface area (Å²) in [6, 6.07) is 11.6. The van der Waals surface area contributed by atoms with Gasteiger partial charge < -0.3 is 10.6 Å². The van der Waals surface area contributed by atoms with Crippen molar-refractivity contribution in [3.63, 3.8) is 0 Å². The third kappa shape index (κ3) is 4.09. The molecule has 1 amide bonds. The fourth-order valence-electron chi connectivity index (χ4n) is 2.69. The van der Waals surface area contributed by atoms with E-state index in [0.717, 1.165) is 17.4 Å². The molecule has 27 heavy (non-hydrogen) atoms. The predicted molar refractivity (Wildman–Crippen MR) is 102 cm³/mol. The summed E-state index contributed by atoms with van der Waals surface area (Å²) >= 11 is 5.71. The minimum absolute atomic E-state index is 0.0348. The molecular weight excluding hydrogens is 374 g/mol. The molecule has 0 radical (unpaired) electrons. The Balaban J connectivity index is 1.73. The Morgan fingerprint density at radius 1 is 1.19 bits per heavy atom. The number of para-hydroxylation sites is 1. The SMILES string of the molecule is Cc1nn(-c2ccccc2)c(C)c1NC(=O)CNc1cc(Cl)cc(F)c1F. The molecule has 8 heteroatoms. The average molecular weight is 391 g/mol. The van der Waals surface area contributed by atoms with Gasteiger partial charge in [-0.15, -0.1) is 0 Å². The number of anilines is 2. The highest BCUT2D eigenvalue weighted by Crippen LogP contribution is 2.24. The number of hydrogen-bond acceptors (Lipinski definition) is 3. The highest BCUT2D eigenvalue weighted by atomic mass is 35.5. The summed E-state index contributed by atoms with van der Waals surface area (Å²) in [7, 11) is 0. The second-order valence-electron chi connectivity index (χ2n) is 5.94. The molecule has 0 fully saturated rings. The normalized spacial score (nSPS) is 10.7. The molecule has 2 N–H and O–H groups in total. The molecule has 140 valence electrons. The van der Waals surface area contributed by atoms with Gasteiger partial charge in [0.25, 0.3) is 0 Å². The minimum atomic E-state index is -1.09. The van der Waals surface area contributed by atoms with Crippen molar-refractivity contribution in [3.8, 4) is 5.69 Å². The molecule has 0 spiro atoms. The smallest absolute Gasteiger partial charge is 0.243 e. The van der Waals surface area contributed by atoms with Gasteiger partial charge in [-0.05, 0) is 38.1 Å². The maximum absolute atomic E-state index is 13.7. The largest absolute Gasteiger partial charge is 0.374 e. The number of aryl methyl sites for hydroxylation is 1. The molecule has 5 nitrogen and oxygen atoms in total. The van der Waals surface area contributed by atoms with Gasteiger partial charge in [0.1, 0.15) is 0 Å². The van der Waals surface area contributed by atoms with E-state index in [0.29, 0.717) is 11.4 Å². The van der Waals surface area contributed by atoms with Crippen molar-refractivity contribution in [3.05, 3.63) is 70.5 Å². The molecule has 1 heterocycles. The molecule has 3 rings (SSSR count). The van der Waals surface area contributed by atoms with E-state index < -0.39 is 17.5 Å². The summed E-state index contributed by atoms with van der Waals surface area (Å²) in [6.45, 7) is 3.36. The second kappa shape index (κ2) is 7.75. The molecule has 0 atom stereocenters. The van der Waals surface area contributed by atoms with Crippen LogP contribution >= 0.6 is 11.6 Å². The molecule has 0 saturated carbocycles. The number of benzene rings is 2. The number of nitrogens with one attached hydrogen (secondary N) is 2.